The largest absolute Gasteiger partial charge is 0.301 e. The van der Waals surface area contributed by atoms with E-state index < -0.39 is 0 Å². The molecule has 2 heteroatoms. The van der Waals surface area contributed by atoms with Crippen LogP contribution in [0.1, 0.15) is 35.6 Å². The van der Waals surface area contributed by atoms with Gasteiger partial charge in [-0.25, -0.2) is 0 Å². The third kappa shape index (κ3) is 3.58. The summed E-state index contributed by atoms with van der Waals surface area (Å²) in [5, 5.41) is 9.00. The van der Waals surface area contributed by atoms with Crippen molar-refractivity contribution in [2.75, 3.05) is 13.6 Å². The summed E-state index contributed by atoms with van der Waals surface area (Å²) in [7, 11) is 2.09. The molecule has 0 aliphatic heterocycles. The lowest BCUT2D eigenvalue weighted by Gasteiger charge is -2.21. The van der Waals surface area contributed by atoms with Gasteiger partial charge in [-0.1, -0.05) is 19.1 Å². The van der Waals surface area contributed by atoms with Crippen molar-refractivity contribution in [1.82, 2.24) is 4.90 Å². The van der Waals surface area contributed by atoms with E-state index in [-0.39, 0.29) is 5.92 Å². The van der Waals surface area contributed by atoms with Crippen molar-refractivity contribution in [3.05, 3.63) is 34.4 Å². The second-order valence-electron chi connectivity index (χ2n) is 5.22. The second-order valence-corrected chi connectivity index (χ2v) is 5.22. The molecule has 1 atom stereocenters. The van der Waals surface area contributed by atoms with Crippen molar-refractivity contribution in [2.24, 2.45) is 5.92 Å². The molecule has 0 saturated heterocycles. The summed E-state index contributed by atoms with van der Waals surface area (Å²) in [5.74, 6) is 0.141. The van der Waals surface area contributed by atoms with Crippen molar-refractivity contribution < 1.29 is 0 Å². The molecule has 2 nitrogen and oxygen atoms in total. The summed E-state index contributed by atoms with van der Waals surface area (Å²) in [4.78, 5) is 2.24. The zero-order chi connectivity index (χ0) is 13.7. The van der Waals surface area contributed by atoms with E-state index in [4.69, 9.17) is 5.26 Å². The molecule has 1 aromatic rings. The number of nitriles is 1. The predicted molar refractivity (Wildman–Crippen MR) is 76.4 cm³/mol. The molecule has 0 N–H and O–H groups in total. The minimum atomic E-state index is 0.141. The molecule has 18 heavy (non-hydrogen) atoms. The second kappa shape index (κ2) is 6.56. The Hall–Kier alpha value is -1.33. The summed E-state index contributed by atoms with van der Waals surface area (Å²) in [5.41, 5.74) is 5.48. The first kappa shape index (κ1) is 14.7. The van der Waals surface area contributed by atoms with Gasteiger partial charge in [-0.15, -0.1) is 0 Å². The SMILES string of the molecule is CCC(C#N)CN(C)Cc1ccc(C)c(C)c1C. The molecule has 1 rings (SSSR count). The maximum absolute atomic E-state index is 9.00. The van der Waals surface area contributed by atoms with Crippen LogP contribution in [0, 0.1) is 38.0 Å². The van der Waals surface area contributed by atoms with Crippen LogP contribution < -0.4 is 0 Å². The van der Waals surface area contributed by atoms with E-state index in [0.29, 0.717) is 0 Å². The van der Waals surface area contributed by atoms with E-state index in [0.717, 1.165) is 19.5 Å². The number of rotatable bonds is 5. The maximum atomic E-state index is 9.00. The molecule has 0 aliphatic rings. The highest BCUT2D eigenvalue weighted by molar-refractivity contribution is 5.38. The van der Waals surface area contributed by atoms with Gasteiger partial charge in [0.2, 0.25) is 0 Å². The Balaban J connectivity index is 2.74. The summed E-state index contributed by atoms with van der Waals surface area (Å²) in [6.07, 6.45) is 0.923. The van der Waals surface area contributed by atoms with Crippen LogP contribution in [0.25, 0.3) is 0 Å². The third-order valence-corrected chi connectivity index (χ3v) is 3.82. The smallest absolute Gasteiger partial charge is 0.0669 e. The van der Waals surface area contributed by atoms with E-state index in [1.807, 2.05) is 0 Å². The summed E-state index contributed by atoms with van der Waals surface area (Å²) >= 11 is 0. The van der Waals surface area contributed by atoms with Gasteiger partial charge in [-0.3, -0.25) is 0 Å². The molecule has 0 saturated carbocycles. The molecule has 0 amide bonds. The molecule has 0 bridgehead atoms. The summed E-state index contributed by atoms with van der Waals surface area (Å²) in [6, 6.07) is 6.76. The molecule has 1 unspecified atom stereocenters. The minimum absolute atomic E-state index is 0.141. The number of aryl methyl sites for hydroxylation is 1. The monoisotopic (exact) mass is 244 g/mol. The van der Waals surface area contributed by atoms with Crippen LogP contribution in [0.2, 0.25) is 0 Å². The van der Waals surface area contributed by atoms with Crippen molar-refractivity contribution in [3.63, 3.8) is 0 Å². The predicted octanol–water partition coefficient (Wildman–Crippen LogP) is 3.59. The Labute approximate surface area is 111 Å². The summed E-state index contributed by atoms with van der Waals surface area (Å²) in [6.45, 7) is 10.4. The third-order valence-electron chi connectivity index (χ3n) is 3.82. The average Bonchev–Trinajstić information content (AvgIpc) is 2.36. The Kier molecular flexibility index (Phi) is 5.37. The van der Waals surface area contributed by atoms with Crippen molar-refractivity contribution in [1.29, 1.82) is 5.26 Å². The zero-order valence-corrected chi connectivity index (χ0v) is 12.2. The molecular formula is C16H24N2. The molecule has 0 fully saturated rings. The van der Waals surface area contributed by atoms with Crippen LogP contribution in [0.15, 0.2) is 12.1 Å². The van der Waals surface area contributed by atoms with Crippen LogP contribution in [0.5, 0.6) is 0 Å². The van der Waals surface area contributed by atoms with E-state index in [1.54, 1.807) is 0 Å². The van der Waals surface area contributed by atoms with Crippen molar-refractivity contribution in [3.8, 4) is 6.07 Å². The highest BCUT2D eigenvalue weighted by atomic mass is 15.1. The van der Waals surface area contributed by atoms with Crippen LogP contribution in [0.4, 0.5) is 0 Å². The van der Waals surface area contributed by atoms with E-state index >= 15 is 0 Å². The lowest BCUT2D eigenvalue weighted by molar-refractivity contribution is 0.292. The van der Waals surface area contributed by atoms with Gasteiger partial charge in [-0.2, -0.15) is 5.26 Å². The van der Waals surface area contributed by atoms with Gasteiger partial charge in [0.25, 0.3) is 0 Å². The van der Waals surface area contributed by atoms with Crippen molar-refractivity contribution >= 4 is 0 Å². The fourth-order valence-electron chi connectivity index (χ4n) is 2.18. The number of hydrogen-bond donors (Lipinski definition) is 0. The van der Waals surface area contributed by atoms with E-state index in [9.17, 15) is 0 Å². The first-order valence-corrected chi connectivity index (χ1v) is 6.63. The molecule has 98 valence electrons. The molecule has 0 heterocycles. The zero-order valence-electron chi connectivity index (χ0n) is 12.2. The minimum Gasteiger partial charge on any atom is -0.301 e. The van der Waals surface area contributed by atoms with E-state index in [2.05, 4.69) is 57.8 Å². The Morgan fingerprint density at radius 2 is 1.89 bits per heavy atom. The normalized spacial score (nSPS) is 12.5. The lowest BCUT2D eigenvalue weighted by Crippen LogP contribution is -2.24. The van der Waals surface area contributed by atoms with Crippen LogP contribution in [-0.4, -0.2) is 18.5 Å². The highest BCUT2D eigenvalue weighted by Gasteiger charge is 2.11. The number of benzene rings is 1. The maximum Gasteiger partial charge on any atom is 0.0669 e. The van der Waals surface area contributed by atoms with Crippen LogP contribution >= 0.6 is 0 Å². The summed E-state index contributed by atoms with van der Waals surface area (Å²) < 4.78 is 0. The van der Waals surface area contributed by atoms with Crippen LogP contribution in [-0.2, 0) is 6.54 Å². The fourth-order valence-corrected chi connectivity index (χ4v) is 2.18. The molecule has 0 spiro atoms. The Bertz CT molecular complexity index is 443. The first-order chi connectivity index (χ1) is 8.49. The van der Waals surface area contributed by atoms with Gasteiger partial charge in [0.1, 0.15) is 0 Å². The topological polar surface area (TPSA) is 27.0 Å². The Morgan fingerprint density at radius 1 is 1.22 bits per heavy atom. The number of nitrogens with zero attached hydrogens (tertiary/aromatic N) is 2. The molecule has 0 aliphatic carbocycles. The highest BCUT2D eigenvalue weighted by Crippen LogP contribution is 2.18. The van der Waals surface area contributed by atoms with Gasteiger partial charge in [0.05, 0.1) is 12.0 Å². The van der Waals surface area contributed by atoms with Gasteiger partial charge >= 0.3 is 0 Å². The van der Waals surface area contributed by atoms with Crippen molar-refractivity contribution in [2.45, 2.75) is 40.7 Å². The number of hydrogen-bond acceptors (Lipinski definition) is 2. The standard InChI is InChI=1S/C16H24N2/c1-6-15(9-17)10-18(5)11-16-8-7-12(2)13(3)14(16)4/h7-8,15H,6,10-11H2,1-5H3. The molecule has 0 radical (unpaired) electrons. The fraction of sp³-hybridized carbons (Fsp3) is 0.562. The first-order valence-electron chi connectivity index (χ1n) is 6.63. The van der Waals surface area contributed by atoms with Gasteiger partial charge in [0.15, 0.2) is 0 Å². The quantitative estimate of drug-likeness (QED) is 0.791. The molecule has 1 aromatic carbocycles. The lowest BCUT2D eigenvalue weighted by atomic mass is 9.98. The van der Waals surface area contributed by atoms with Gasteiger partial charge < -0.3 is 4.90 Å². The molecular weight excluding hydrogens is 220 g/mol. The average molecular weight is 244 g/mol. The van der Waals surface area contributed by atoms with Crippen LogP contribution in [0.3, 0.4) is 0 Å². The van der Waals surface area contributed by atoms with Gasteiger partial charge in [-0.05, 0) is 56.5 Å². The molecule has 0 aromatic heterocycles. The Morgan fingerprint density at radius 3 is 2.44 bits per heavy atom. The van der Waals surface area contributed by atoms with Gasteiger partial charge in [0, 0.05) is 13.1 Å². The van der Waals surface area contributed by atoms with E-state index in [1.165, 1.54) is 22.3 Å².